The van der Waals surface area contributed by atoms with Crippen molar-refractivity contribution >= 4 is 18.5 Å². The normalized spacial score (nSPS) is 11.8. The summed E-state index contributed by atoms with van der Waals surface area (Å²) >= 11 is 0. The number of benzene rings is 2. The summed E-state index contributed by atoms with van der Waals surface area (Å²) in [5, 5.41) is 2.96. The molecular formula is C17H21P. The Morgan fingerprint density at radius 2 is 1.11 bits per heavy atom. The van der Waals surface area contributed by atoms with Crippen LogP contribution in [0.5, 0.6) is 0 Å². The third-order valence-electron chi connectivity index (χ3n) is 2.77. The summed E-state index contributed by atoms with van der Waals surface area (Å²) < 4.78 is 0. The number of hydrogen-bond acceptors (Lipinski definition) is 0. The Morgan fingerprint density at radius 3 is 1.44 bits per heavy atom. The van der Waals surface area contributed by atoms with Crippen LogP contribution in [-0.4, -0.2) is 6.16 Å². The lowest BCUT2D eigenvalue weighted by atomic mass is 10.0. The largest absolute Gasteiger partial charge is 0.0622 e. The molecule has 0 aliphatic rings. The molecule has 0 heterocycles. The van der Waals surface area contributed by atoms with Gasteiger partial charge in [-0.1, -0.05) is 81.4 Å². The highest BCUT2D eigenvalue weighted by molar-refractivity contribution is 7.73. The SMILES string of the molecule is CC(C)(C)CP(c1ccccc1)c1ccccc1. The van der Waals surface area contributed by atoms with Crippen molar-refractivity contribution in [1.29, 1.82) is 0 Å². The van der Waals surface area contributed by atoms with Crippen molar-refractivity contribution in [2.24, 2.45) is 5.41 Å². The molecular weight excluding hydrogens is 235 g/mol. The van der Waals surface area contributed by atoms with Crippen molar-refractivity contribution in [1.82, 2.24) is 0 Å². The molecule has 0 N–H and O–H groups in total. The molecule has 0 bridgehead atoms. The first-order valence-electron chi connectivity index (χ1n) is 6.44. The highest BCUT2D eigenvalue weighted by atomic mass is 31.1. The minimum atomic E-state index is -0.239. The molecule has 0 radical (unpaired) electrons. The fourth-order valence-corrected chi connectivity index (χ4v) is 4.70. The Morgan fingerprint density at radius 1 is 0.722 bits per heavy atom. The molecule has 0 nitrogen and oxygen atoms in total. The zero-order valence-electron chi connectivity index (χ0n) is 11.4. The molecule has 0 unspecified atom stereocenters. The van der Waals surface area contributed by atoms with E-state index in [0.717, 1.165) is 0 Å². The van der Waals surface area contributed by atoms with Crippen LogP contribution in [0.1, 0.15) is 20.8 Å². The summed E-state index contributed by atoms with van der Waals surface area (Å²) in [7, 11) is -0.239. The van der Waals surface area contributed by atoms with Gasteiger partial charge >= 0.3 is 0 Å². The molecule has 1 heteroatoms. The Bertz CT molecular complexity index is 428. The molecule has 0 amide bonds. The van der Waals surface area contributed by atoms with E-state index in [9.17, 15) is 0 Å². The van der Waals surface area contributed by atoms with Crippen molar-refractivity contribution in [3.05, 3.63) is 60.7 Å². The maximum Gasteiger partial charge on any atom is -0.0195 e. The summed E-state index contributed by atoms with van der Waals surface area (Å²) in [5.74, 6) is 0. The first-order valence-corrected chi connectivity index (χ1v) is 7.97. The highest BCUT2D eigenvalue weighted by Crippen LogP contribution is 2.39. The number of rotatable bonds is 3. The number of hydrogen-bond donors (Lipinski definition) is 0. The Labute approximate surface area is 112 Å². The zero-order chi connectivity index (χ0) is 13.0. The van der Waals surface area contributed by atoms with Crippen LogP contribution >= 0.6 is 7.92 Å². The molecule has 94 valence electrons. The molecule has 0 aliphatic carbocycles. The molecule has 0 aliphatic heterocycles. The molecule has 2 aromatic carbocycles. The Balaban J connectivity index is 2.36. The molecule has 0 saturated carbocycles. The molecule has 18 heavy (non-hydrogen) atoms. The molecule has 0 spiro atoms. The van der Waals surface area contributed by atoms with E-state index in [2.05, 4.69) is 81.4 Å². The van der Waals surface area contributed by atoms with E-state index in [1.54, 1.807) is 0 Å². The second-order valence-electron chi connectivity index (χ2n) is 5.82. The predicted octanol–water partition coefficient (Wildman–Crippen LogP) is 4.17. The lowest BCUT2D eigenvalue weighted by Gasteiger charge is -2.27. The summed E-state index contributed by atoms with van der Waals surface area (Å²) in [6.07, 6.45) is 1.23. The molecule has 0 fully saturated rings. The van der Waals surface area contributed by atoms with Crippen molar-refractivity contribution in [3.8, 4) is 0 Å². The zero-order valence-corrected chi connectivity index (χ0v) is 12.3. The predicted molar refractivity (Wildman–Crippen MR) is 83.4 cm³/mol. The van der Waals surface area contributed by atoms with Gasteiger partial charge in [0.1, 0.15) is 0 Å². The smallest absolute Gasteiger partial charge is 0.0195 e. The maximum atomic E-state index is 2.33. The minimum absolute atomic E-state index is 0.239. The average molecular weight is 256 g/mol. The summed E-state index contributed by atoms with van der Waals surface area (Å²) in [6, 6.07) is 21.9. The van der Waals surface area contributed by atoms with Gasteiger partial charge in [-0.2, -0.15) is 0 Å². The molecule has 0 aromatic heterocycles. The van der Waals surface area contributed by atoms with E-state index in [1.165, 1.54) is 16.8 Å². The van der Waals surface area contributed by atoms with Crippen molar-refractivity contribution < 1.29 is 0 Å². The average Bonchev–Trinajstić information content (AvgIpc) is 2.37. The van der Waals surface area contributed by atoms with Crippen LogP contribution in [0, 0.1) is 5.41 Å². The highest BCUT2D eigenvalue weighted by Gasteiger charge is 2.21. The van der Waals surface area contributed by atoms with Crippen LogP contribution in [-0.2, 0) is 0 Å². The summed E-state index contributed by atoms with van der Waals surface area (Å²) in [5.41, 5.74) is 0.359. The van der Waals surface area contributed by atoms with E-state index in [1.807, 2.05) is 0 Å². The van der Waals surface area contributed by atoms with Crippen LogP contribution in [0.4, 0.5) is 0 Å². The molecule has 0 atom stereocenters. The quantitative estimate of drug-likeness (QED) is 0.723. The van der Waals surface area contributed by atoms with E-state index in [-0.39, 0.29) is 7.92 Å². The fraction of sp³-hybridized carbons (Fsp3) is 0.294. The van der Waals surface area contributed by atoms with Gasteiger partial charge < -0.3 is 0 Å². The van der Waals surface area contributed by atoms with Crippen LogP contribution in [0.3, 0.4) is 0 Å². The second-order valence-corrected chi connectivity index (χ2v) is 8.02. The van der Waals surface area contributed by atoms with Crippen molar-refractivity contribution in [2.45, 2.75) is 20.8 Å². The standard InChI is InChI=1S/C17H21P/c1-17(2,3)14-18(15-10-6-4-7-11-15)16-12-8-5-9-13-16/h4-13H,14H2,1-3H3. The lowest BCUT2D eigenvalue weighted by Crippen LogP contribution is -2.21. The first kappa shape index (κ1) is 13.3. The van der Waals surface area contributed by atoms with Gasteiger partial charge in [-0.05, 0) is 30.1 Å². The lowest BCUT2D eigenvalue weighted by molar-refractivity contribution is 0.478. The van der Waals surface area contributed by atoms with E-state index in [0.29, 0.717) is 5.41 Å². The maximum absolute atomic E-state index is 2.33. The Hall–Kier alpha value is -1.13. The van der Waals surface area contributed by atoms with E-state index in [4.69, 9.17) is 0 Å². The van der Waals surface area contributed by atoms with Gasteiger partial charge in [-0.25, -0.2) is 0 Å². The van der Waals surface area contributed by atoms with Crippen LogP contribution in [0.25, 0.3) is 0 Å². The molecule has 2 aromatic rings. The minimum Gasteiger partial charge on any atom is -0.0622 e. The van der Waals surface area contributed by atoms with Crippen LogP contribution in [0.2, 0.25) is 0 Å². The third-order valence-corrected chi connectivity index (χ3v) is 5.88. The summed E-state index contributed by atoms with van der Waals surface area (Å²) in [4.78, 5) is 0. The first-order chi connectivity index (χ1) is 8.56. The summed E-state index contributed by atoms with van der Waals surface area (Å²) in [6.45, 7) is 6.98. The van der Waals surface area contributed by atoms with Gasteiger partial charge in [-0.3, -0.25) is 0 Å². The van der Waals surface area contributed by atoms with Crippen LogP contribution < -0.4 is 10.6 Å². The van der Waals surface area contributed by atoms with Gasteiger partial charge in [0.2, 0.25) is 0 Å². The van der Waals surface area contributed by atoms with Crippen LogP contribution in [0.15, 0.2) is 60.7 Å². The molecule has 2 rings (SSSR count). The van der Waals surface area contributed by atoms with Crippen molar-refractivity contribution in [3.63, 3.8) is 0 Å². The fourth-order valence-electron chi connectivity index (χ4n) is 2.02. The van der Waals surface area contributed by atoms with Gasteiger partial charge in [0.15, 0.2) is 0 Å². The van der Waals surface area contributed by atoms with E-state index < -0.39 is 0 Å². The molecule has 0 saturated heterocycles. The third kappa shape index (κ3) is 3.68. The van der Waals surface area contributed by atoms with Gasteiger partial charge in [0.25, 0.3) is 0 Å². The van der Waals surface area contributed by atoms with Gasteiger partial charge in [-0.15, -0.1) is 0 Å². The van der Waals surface area contributed by atoms with Gasteiger partial charge in [0.05, 0.1) is 0 Å². The van der Waals surface area contributed by atoms with Crippen molar-refractivity contribution in [2.75, 3.05) is 6.16 Å². The topological polar surface area (TPSA) is 0 Å². The van der Waals surface area contributed by atoms with E-state index >= 15 is 0 Å². The van der Waals surface area contributed by atoms with Gasteiger partial charge in [0, 0.05) is 0 Å². The Kier molecular flexibility index (Phi) is 4.19. The monoisotopic (exact) mass is 256 g/mol. The second kappa shape index (κ2) is 5.67.